The first kappa shape index (κ1) is 21.7. The Morgan fingerprint density at radius 3 is 1.82 bits per heavy atom. The molecule has 0 N–H and O–H groups in total. The van der Waals surface area contributed by atoms with Gasteiger partial charge in [0.2, 0.25) is 0 Å². The molecule has 5 aromatic rings. The van der Waals surface area contributed by atoms with Crippen LogP contribution in [0.1, 0.15) is 0 Å². The molecular weight excluding hydrogens is 444 g/mol. The van der Waals surface area contributed by atoms with Crippen molar-refractivity contribution in [1.82, 2.24) is 9.55 Å². The maximum atomic E-state index is 12.0. The smallest absolute Gasteiger partial charge is 0.306 e. The zero-order chi connectivity index (χ0) is 23.5. The summed E-state index contributed by atoms with van der Waals surface area (Å²) in [6, 6.07) is 37.0. The first-order chi connectivity index (χ1) is 16.5. The van der Waals surface area contributed by atoms with Crippen molar-refractivity contribution in [2.45, 2.75) is 0 Å². The van der Waals surface area contributed by atoms with Crippen molar-refractivity contribution in [3.8, 4) is 45.3 Å². The molecule has 6 heteroatoms. The Labute approximate surface area is 199 Å². The first-order valence-electron chi connectivity index (χ1n) is 10.8. The van der Waals surface area contributed by atoms with Gasteiger partial charge in [-0.25, -0.2) is 4.98 Å². The van der Waals surface area contributed by atoms with E-state index < -0.39 is 10.1 Å². The monoisotopic (exact) mass is 466 g/mol. The van der Waals surface area contributed by atoms with E-state index in [1.165, 1.54) is 0 Å². The zero-order valence-corrected chi connectivity index (χ0v) is 19.3. The molecule has 0 atom stereocenters. The van der Waals surface area contributed by atoms with Crippen molar-refractivity contribution in [1.29, 1.82) is 0 Å². The standard InChI is InChI=1S/C28H22N2O3S/c1-34(31,32)33-25-20-12-11-19-24(25)28-29-26(21-13-5-2-6-14-21)27(22-15-7-3-8-16-22)30(28)23-17-9-4-10-18-23/h2-20H,1H3. The lowest BCUT2D eigenvalue weighted by Crippen LogP contribution is -2.08. The second-order valence-corrected chi connectivity index (χ2v) is 9.39. The van der Waals surface area contributed by atoms with Crippen LogP contribution in [0, 0.1) is 0 Å². The van der Waals surface area contributed by atoms with Crippen LogP contribution < -0.4 is 4.18 Å². The molecule has 0 aliphatic heterocycles. The highest BCUT2D eigenvalue weighted by Gasteiger charge is 2.24. The average Bonchev–Trinajstić information content (AvgIpc) is 3.25. The SMILES string of the molecule is CS(=O)(=O)Oc1ccccc1-c1nc(-c2ccccc2)c(-c2ccccc2)n1-c1ccccc1. The highest BCUT2D eigenvalue weighted by atomic mass is 32.2. The molecule has 1 heterocycles. The lowest BCUT2D eigenvalue weighted by molar-refractivity contribution is 0.493. The molecule has 0 fully saturated rings. The van der Waals surface area contributed by atoms with Gasteiger partial charge in [-0.05, 0) is 24.3 Å². The van der Waals surface area contributed by atoms with E-state index in [-0.39, 0.29) is 5.75 Å². The molecule has 34 heavy (non-hydrogen) atoms. The van der Waals surface area contributed by atoms with Crippen molar-refractivity contribution in [2.24, 2.45) is 0 Å². The van der Waals surface area contributed by atoms with Crippen LogP contribution in [0.2, 0.25) is 0 Å². The molecule has 0 aliphatic carbocycles. The highest BCUT2D eigenvalue weighted by Crippen LogP contribution is 2.40. The Bertz CT molecular complexity index is 1530. The minimum atomic E-state index is -3.73. The van der Waals surface area contributed by atoms with Crippen LogP contribution in [-0.4, -0.2) is 24.2 Å². The van der Waals surface area contributed by atoms with Crippen molar-refractivity contribution in [3.63, 3.8) is 0 Å². The number of benzene rings is 4. The fourth-order valence-electron chi connectivity index (χ4n) is 3.98. The van der Waals surface area contributed by atoms with Gasteiger partial charge < -0.3 is 4.18 Å². The van der Waals surface area contributed by atoms with E-state index in [4.69, 9.17) is 9.17 Å². The van der Waals surface area contributed by atoms with Crippen LogP contribution in [0.3, 0.4) is 0 Å². The Morgan fingerprint density at radius 2 is 1.21 bits per heavy atom. The lowest BCUT2D eigenvalue weighted by Gasteiger charge is -2.15. The zero-order valence-electron chi connectivity index (χ0n) is 18.5. The molecule has 0 aliphatic rings. The number of imidazole rings is 1. The minimum Gasteiger partial charge on any atom is -0.382 e. The molecule has 0 bridgehead atoms. The molecule has 0 saturated carbocycles. The summed E-state index contributed by atoms with van der Waals surface area (Å²) in [6.45, 7) is 0. The van der Waals surface area contributed by atoms with Gasteiger partial charge in [-0.1, -0.05) is 91.0 Å². The quantitative estimate of drug-likeness (QED) is 0.279. The van der Waals surface area contributed by atoms with Gasteiger partial charge in [-0.3, -0.25) is 4.57 Å². The van der Waals surface area contributed by atoms with Crippen LogP contribution in [0.5, 0.6) is 5.75 Å². The second kappa shape index (κ2) is 9.00. The Balaban J connectivity index is 1.88. The van der Waals surface area contributed by atoms with Crippen molar-refractivity contribution in [3.05, 3.63) is 115 Å². The summed E-state index contributed by atoms with van der Waals surface area (Å²) in [5, 5.41) is 0. The summed E-state index contributed by atoms with van der Waals surface area (Å²) in [4.78, 5) is 5.08. The minimum absolute atomic E-state index is 0.228. The van der Waals surface area contributed by atoms with E-state index in [1.54, 1.807) is 12.1 Å². The Morgan fingerprint density at radius 1 is 0.676 bits per heavy atom. The normalized spacial score (nSPS) is 11.3. The number of aromatic nitrogens is 2. The topological polar surface area (TPSA) is 61.2 Å². The third-order valence-corrected chi connectivity index (χ3v) is 5.84. The number of rotatable bonds is 6. The third kappa shape index (κ3) is 4.36. The fourth-order valence-corrected chi connectivity index (χ4v) is 4.45. The lowest BCUT2D eigenvalue weighted by atomic mass is 10.0. The molecule has 0 unspecified atom stereocenters. The van der Waals surface area contributed by atoms with Gasteiger partial charge in [0.15, 0.2) is 5.75 Å². The van der Waals surface area contributed by atoms with Gasteiger partial charge in [0.05, 0.1) is 23.2 Å². The van der Waals surface area contributed by atoms with E-state index in [0.29, 0.717) is 11.4 Å². The van der Waals surface area contributed by atoms with Gasteiger partial charge in [0.1, 0.15) is 5.82 Å². The maximum Gasteiger partial charge on any atom is 0.306 e. The van der Waals surface area contributed by atoms with Gasteiger partial charge in [-0.2, -0.15) is 8.42 Å². The van der Waals surface area contributed by atoms with Crippen LogP contribution in [0.15, 0.2) is 115 Å². The summed E-state index contributed by atoms with van der Waals surface area (Å²) in [6.07, 6.45) is 1.04. The van der Waals surface area contributed by atoms with E-state index in [0.717, 1.165) is 34.5 Å². The summed E-state index contributed by atoms with van der Waals surface area (Å²) < 4.78 is 31.4. The van der Waals surface area contributed by atoms with Crippen LogP contribution in [-0.2, 0) is 10.1 Å². The number of hydrogen-bond donors (Lipinski definition) is 0. The van der Waals surface area contributed by atoms with E-state index >= 15 is 0 Å². The number of nitrogens with zero attached hydrogens (tertiary/aromatic N) is 2. The van der Waals surface area contributed by atoms with Crippen LogP contribution in [0.25, 0.3) is 39.6 Å². The second-order valence-electron chi connectivity index (χ2n) is 7.82. The molecule has 1 aromatic heterocycles. The number of hydrogen-bond acceptors (Lipinski definition) is 4. The van der Waals surface area contributed by atoms with Gasteiger partial charge >= 0.3 is 10.1 Å². The Hall–Kier alpha value is -4.16. The number of para-hydroxylation sites is 2. The van der Waals surface area contributed by atoms with Gasteiger partial charge in [-0.15, -0.1) is 0 Å². The summed E-state index contributed by atoms with van der Waals surface area (Å²) in [5.74, 6) is 0.814. The van der Waals surface area contributed by atoms with Crippen molar-refractivity contribution >= 4 is 10.1 Å². The van der Waals surface area contributed by atoms with E-state index in [1.807, 2.05) is 103 Å². The summed E-state index contributed by atoms with van der Waals surface area (Å²) >= 11 is 0. The molecule has 0 radical (unpaired) electrons. The molecule has 0 amide bonds. The molecule has 5 rings (SSSR count). The fraction of sp³-hybridized carbons (Fsp3) is 0.0357. The van der Waals surface area contributed by atoms with Crippen LogP contribution in [0.4, 0.5) is 0 Å². The van der Waals surface area contributed by atoms with Gasteiger partial charge in [0.25, 0.3) is 0 Å². The molecule has 5 nitrogen and oxygen atoms in total. The Kier molecular flexibility index (Phi) is 5.74. The maximum absolute atomic E-state index is 12.0. The molecule has 4 aromatic carbocycles. The van der Waals surface area contributed by atoms with Crippen LogP contribution >= 0.6 is 0 Å². The predicted octanol–water partition coefficient (Wildman–Crippen LogP) is 6.21. The summed E-state index contributed by atoms with van der Waals surface area (Å²) in [7, 11) is -3.73. The molecular formula is C28H22N2O3S. The largest absolute Gasteiger partial charge is 0.382 e. The van der Waals surface area contributed by atoms with E-state index in [9.17, 15) is 8.42 Å². The predicted molar refractivity (Wildman–Crippen MR) is 135 cm³/mol. The molecule has 0 saturated heterocycles. The molecule has 0 spiro atoms. The van der Waals surface area contributed by atoms with Crippen molar-refractivity contribution < 1.29 is 12.6 Å². The van der Waals surface area contributed by atoms with E-state index in [2.05, 4.69) is 4.57 Å². The molecule has 168 valence electrons. The van der Waals surface area contributed by atoms with Gasteiger partial charge in [0, 0.05) is 16.8 Å². The average molecular weight is 467 g/mol. The highest BCUT2D eigenvalue weighted by molar-refractivity contribution is 7.86. The first-order valence-corrected chi connectivity index (χ1v) is 12.6. The third-order valence-electron chi connectivity index (χ3n) is 5.36. The summed E-state index contributed by atoms with van der Waals surface area (Å²) in [5.41, 5.74) is 5.13. The van der Waals surface area contributed by atoms with Crippen molar-refractivity contribution in [2.75, 3.05) is 6.26 Å².